The average molecular weight is 394 g/mol. The van der Waals surface area contributed by atoms with Gasteiger partial charge in [-0.2, -0.15) is 0 Å². The van der Waals surface area contributed by atoms with Crippen LogP contribution in [0.25, 0.3) is 0 Å². The summed E-state index contributed by atoms with van der Waals surface area (Å²) in [6.45, 7) is 6.56. The van der Waals surface area contributed by atoms with E-state index in [1.54, 1.807) is 52.0 Å². The second-order valence-electron chi connectivity index (χ2n) is 6.60. The van der Waals surface area contributed by atoms with E-state index in [0.717, 1.165) is 5.56 Å². The first-order valence-electron chi connectivity index (χ1n) is 8.76. The van der Waals surface area contributed by atoms with Gasteiger partial charge in [-0.15, -0.1) is 0 Å². The highest BCUT2D eigenvalue weighted by atomic mass is 35.5. The minimum atomic E-state index is -0.756. The first kappa shape index (κ1) is 21.1. The number of nitrogens with zero attached hydrogens (tertiary/aromatic N) is 1. The van der Waals surface area contributed by atoms with Gasteiger partial charge in [0.05, 0.1) is 18.3 Å². The van der Waals surface area contributed by atoms with E-state index in [1.807, 2.05) is 0 Å². The molecule has 2 rings (SSSR count). The van der Waals surface area contributed by atoms with Gasteiger partial charge in [0.1, 0.15) is 12.5 Å². The Bertz CT molecular complexity index is 767. The Morgan fingerprint density at radius 3 is 2.41 bits per heavy atom. The van der Waals surface area contributed by atoms with Crippen LogP contribution in [0.2, 0.25) is 5.02 Å². The van der Waals surface area contributed by atoms with Crippen molar-refractivity contribution in [1.29, 1.82) is 0 Å². The lowest BCUT2D eigenvalue weighted by molar-refractivity contribution is -0.150. The molecule has 0 saturated carbocycles. The first-order chi connectivity index (χ1) is 12.8. The molecule has 0 radical (unpaired) electrons. The molecule has 1 aromatic carbocycles. The molecule has 27 heavy (non-hydrogen) atoms. The molecule has 0 spiro atoms. The van der Waals surface area contributed by atoms with Crippen LogP contribution in [-0.2, 0) is 19.1 Å². The molecule has 1 heterocycles. The van der Waals surface area contributed by atoms with Crippen molar-refractivity contribution in [2.75, 3.05) is 13.2 Å². The highest BCUT2D eigenvalue weighted by Gasteiger charge is 2.42. The van der Waals surface area contributed by atoms with Crippen molar-refractivity contribution in [3.05, 3.63) is 46.1 Å². The van der Waals surface area contributed by atoms with Gasteiger partial charge < -0.3 is 14.6 Å². The lowest BCUT2D eigenvalue weighted by Gasteiger charge is -2.32. The zero-order chi connectivity index (χ0) is 20.1. The Balaban J connectivity index is 2.56. The van der Waals surface area contributed by atoms with Gasteiger partial charge in [0, 0.05) is 22.3 Å². The zero-order valence-electron chi connectivity index (χ0n) is 15.9. The third kappa shape index (κ3) is 4.96. The highest BCUT2D eigenvalue weighted by Crippen LogP contribution is 2.40. The fourth-order valence-electron chi connectivity index (χ4n) is 3.16. The number of carbonyl (C=O) groups excluding carboxylic acids is 2. The second-order valence-corrected chi connectivity index (χ2v) is 7.04. The second kappa shape index (κ2) is 9.15. The molecule has 0 bridgehead atoms. The van der Waals surface area contributed by atoms with Crippen LogP contribution < -0.4 is 0 Å². The summed E-state index contributed by atoms with van der Waals surface area (Å²) in [5, 5.41) is 9.51. The van der Waals surface area contributed by atoms with Crippen molar-refractivity contribution in [3.8, 4) is 0 Å². The number of benzene rings is 1. The maximum absolute atomic E-state index is 12.8. The van der Waals surface area contributed by atoms with Crippen LogP contribution in [0, 0.1) is 5.92 Å². The number of rotatable bonds is 6. The molecule has 0 fully saturated rings. The Labute approximate surface area is 163 Å². The summed E-state index contributed by atoms with van der Waals surface area (Å²) in [4.78, 5) is 29.9. The minimum absolute atomic E-state index is 0.132. The van der Waals surface area contributed by atoms with Gasteiger partial charge >= 0.3 is 11.9 Å². The molecule has 2 atom stereocenters. The number of halogens is 1. The van der Waals surface area contributed by atoms with Crippen LogP contribution in [-0.4, -0.2) is 42.1 Å². The highest BCUT2D eigenvalue weighted by molar-refractivity contribution is 6.30. The number of aliphatic hydroxyl groups is 1. The Morgan fingerprint density at radius 1 is 1.22 bits per heavy atom. The van der Waals surface area contributed by atoms with Crippen LogP contribution >= 0.6 is 11.6 Å². The van der Waals surface area contributed by atoms with Crippen LogP contribution in [0.5, 0.6) is 0 Å². The fourth-order valence-corrected chi connectivity index (χ4v) is 3.29. The number of hydrogen-bond donors (Lipinski definition) is 1. The molecule has 0 amide bonds. The predicted molar refractivity (Wildman–Crippen MR) is 103 cm³/mol. The molecule has 1 aromatic rings. The van der Waals surface area contributed by atoms with Crippen LogP contribution in [0.4, 0.5) is 0 Å². The van der Waals surface area contributed by atoms with Gasteiger partial charge in [-0.05, 0) is 45.4 Å². The molecular formula is C20H24ClNO5. The van der Waals surface area contributed by atoms with Gasteiger partial charge in [-0.25, -0.2) is 4.79 Å². The van der Waals surface area contributed by atoms with Crippen molar-refractivity contribution < 1.29 is 24.2 Å². The van der Waals surface area contributed by atoms with E-state index in [-0.39, 0.29) is 24.9 Å². The van der Waals surface area contributed by atoms with Gasteiger partial charge in [-0.1, -0.05) is 23.7 Å². The van der Waals surface area contributed by atoms with E-state index >= 15 is 0 Å². The van der Waals surface area contributed by atoms with E-state index in [2.05, 4.69) is 4.99 Å². The van der Waals surface area contributed by atoms with Crippen LogP contribution in [0.15, 0.2) is 40.5 Å². The SMILES string of the molecule is CC1=NC(C)=C(C(=O)OCCO)C(c2ccc(Cl)cc2)C1C(=O)OC(C)C. The average Bonchev–Trinajstić information content (AvgIpc) is 2.59. The maximum atomic E-state index is 12.8. The van der Waals surface area contributed by atoms with E-state index in [1.165, 1.54) is 0 Å². The number of allylic oxidation sites excluding steroid dienone is 1. The lowest BCUT2D eigenvalue weighted by atomic mass is 9.75. The van der Waals surface area contributed by atoms with Crippen molar-refractivity contribution >= 4 is 29.3 Å². The third-order valence-corrected chi connectivity index (χ3v) is 4.46. The van der Waals surface area contributed by atoms with E-state index in [0.29, 0.717) is 16.4 Å². The molecule has 6 nitrogen and oxygen atoms in total. The van der Waals surface area contributed by atoms with Crippen molar-refractivity contribution in [2.24, 2.45) is 10.9 Å². The molecule has 1 aliphatic heterocycles. The molecule has 0 aromatic heterocycles. The molecule has 7 heteroatoms. The van der Waals surface area contributed by atoms with Gasteiger partial charge in [0.15, 0.2) is 0 Å². The van der Waals surface area contributed by atoms with Crippen molar-refractivity contribution in [3.63, 3.8) is 0 Å². The smallest absolute Gasteiger partial charge is 0.336 e. The maximum Gasteiger partial charge on any atom is 0.336 e. The van der Waals surface area contributed by atoms with Gasteiger partial charge in [0.2, 0.25) is 0 Å². The van der Waals surface area contributed by atoms with Crippen molar-refractivity contribution in [2.45, 2.75) is 39.7 Å². The summed E-state index contributed by atoms with van der Waals surface area (Å²) in [7, 11) is 0. The summed E-state index contributed by atoms with van der Waals surface area (Å²) in [6.07, 6.45) is -0.298. The Morgan fingerprint density at radius 2 is 1.85 bits per heavy atom. The minimum Gasteiger partial charge on any atom is -0.462 e. The monoisotopic (exact) mass is 393 g/mol. The summed E-state index contributed by atoms with van der Waals surface area (Å²) in [5.41, 5.74) is 2.05. The molecule has 0 saturated heterocycles. The molecule has 1 aliphatic rings. The molecule has 0 aliphatic carbocycles. The molecular weight excluding hydrogens is 370 g/mol. The first-order valence-corrected chi connectivity index (χ1v) is 9.14. The standard InChI is InChI=1S/C20H24ClNO5/c1-11(2)27-20(25)17-13(4)22-12(3)16(19(24)26-10-9-23)18(17)14-5-7-15(21)8-6-14/h5-8,11,17-18,23H,9-10H2,1-4H3. The van der Waals surface area contributed by atoms with E-state index in [4.69, 9.17) is 26.2 Å². The fraction of sp³-hybridized carbons (Fsp3) is 0.450. The Hall–Kier alpha value is -2.18. The van der Waals surface area contributed by atoms with E-state index < -0.39 is 23.8 Å². The summed E-state index contributed by atoms with van der Waals surface area (Å²) in [5.74, 6) is -2.43. The summed E-state index contributed by atoms with van der Waals surface area (Å²) in [6, 6.07) is 6.95. The normalized spacial score (nSPS) is 19.7. The number of hydrogen-bond acceptors (Lipinski definition) is 6. The van der Waals surface area contributed by atoms with Crippen LogP contribution in [0.1, 0.15) is 39.2 Å². The van der Waals surface area contributed by atoms with E-state index in [9.17, 15) is 9.59 Å². The molecule has 146 valence electrons. The Kier molecular flexibility index (Phi) is 7.16. The largest absolute Gasteiger partial charge is 0.462 e. The summed E-state index contributed by atoms with van der Waals surface area (Å²) >= 11 is 6.00. The topological polar surface area (TPSA) is 85.2 Å². The predicted octanol–water partition coefficient (Wildman–Crippen LogP) is 3.28. The van der Waals surface area contributed by atoms with Crippen molar-refractivity contribution in [1.82, 2.24) is 0 Å². The third-order valence-electron chi connectivity index (χ3n) is 4.21. The number of esters is 2. The van der Waals surface area contributed by atoms with Gasteiger partial charge in [-0.3, -0.25) is 9.79 Å². The quantitative estimate of drug-likeness (QED) is 0.749. The summed E-state index contributed by atoms with van der Waals surface area (Å²) < 4.78 is 10.5. The number of carbonyl (C=O) groups is 2. The molecule has 2 unspecified atom stereocenters. The lowest BCUT2D eigenvalue weighted by Crippen LogP contribution is -2.37. The number of ether oxygens (including phenoxy) is 2. The number of aliphatic imine (C=N–C) groups is 1. The zero-order valence-corrected chi connectivity index (χ0v) is 16.6. The number of aliphatic hydroxyl groups excluding tert-OH is 1. The van der Waals surface area contributed by atoms with Crippen LogP contribution in [0.3, 0.4) is 0 Å². The van der Waals surface area contributed by atoms with Gasteiger partial charge in [0.25, 0.3) is 0 Å². The molecule has 1 N–H and O–H groups in total.